The number of ether oxygens (including phenoxy) is 5. The van der Waals surface area contributed by atoms with Gasteiger partial charge in [0.2, 0.25) is 5.75 Å². The van der Waals surface area contributed by atoms with Gasteiger partial charge in [-0.2, -0.15) is 0 Å². The summed E-state index contributed by atoms with van der Waals surface area (Å²) >= 11 is 12.7. The molecule has 1 aliphatic rings. The van der Waals surface area contributed by atoms with Crippen LogP contribution in [0.5, 0.6) is 23.0 Å². The Labute approximate surface area is 204 Å². The summed E-state index contributed by atoms with van der Waals surface area (Å²) in [4.78, 5) is 15.3. The average molecular weight is 498 g/mol. The summed E-state index contributed by atoms with van der Waals surface area (Å²) in [5, 5.41) is 0.579. The quantitative estimate of drug-likeness (QED) is 0.447. The number of rotatable bonds is 10. The van der Waals surface area contributed by atoms with E-state index in [0.717, 1.165) is 18.4 Å². The summed E-state index contributed by atoms with van der Waals surface area (Å²) in [5.41, 5.74) is 1.19. The molecule has 0 unspecified atom stereocenters. The summed E-state index contributed by atoms with van der Waals surface area (Å²) < 4.78 is 27.6. The van der Waals surface area contributed by atoms with E-state index in [2.05, 4.69) is 0 Å². The fourth-order valence-electron chi connectivity index (χ4n) is 3.85. The van der Waals surface area contributed by atoms with Crippen molar-refractivity contribution in [2.24, 2.45) is 0 Å². The van der Waals surface area contributed by atoms with Gasteiger partial charge in [-0.3, -0.25) is 4.79 Å². The summed E-state index contributed by atoms with van der Waals surface area (Å²) in [6.07, 6.45) is 1.83. The molecule has 2 aromatic rings. The Morgan fingerprint density at radius 1 is 1.03 bits per heavy atom. The summed E-state index contributed by atoms with van der Waals surface area (Å²) in [6, 6.07) is 6.82. The topological polar surface area (TPSA) is 66.5 Å². The molecule has 1 saturated heterocycles. The molecular formula is C24H29Cl2NO6. The Bertz CT molecular complexity index is 929. The fraction of sp³-hybridized carbons (Fsp3) is 0.458. The highest BCUT2D eigenvalue weighted by molar-refractivity contribution is 6.37. The molecule has 7 nitrogen and oxygen atoms in total. The first-order chi connectivity index (χ1) is 15.9. The van der Waals surface area contributed by atoms with Gasteiger partial charge in [-0.15, -0.1) is 0 Å². The largest absolute Gasteiger partial charge is 0.493 e. The molecule has 1 amide bonds. The molecule has 33 heavy (non-hydrogen) atoms. The van der Waals surface area contributed by atoms with Crippen LogP contribution in [0.2, 0.25) is 10.0 Å². The highest BCUT2D eigenvalue weighted by Crippen LogP contribution is 2.39. The Balaban J connectivity index is 1.95. The van der Waals surface area contributed by atoms with Crippen molar-refractivity contribution < 1.29 is 28.5 Å². The molecular weight excluding hydrogens is 469 g/mol. The summed E-state index contributed by atoms with van der Waals surface area (Å²) in [5.74, 6) is 1.68. The minimum atomic E-state index is -0.217. The normalized spacial score (nSPS) is 15.3. The highest BCUT2D eigenvalue weighted by Gasteiger charge is 2.26. The van der Waals surface area contributed by atoms with Crippen LogP contribution < -0.4 is 18.9 Å². The fourth-order valence-corrected chi connectivity index (χ4v) is 4.44. The lowest BCUT2D eigenvalue weighted by Crippen LogP contribution is -2.37. The molecule has 0 radical (unpaired) electrons. The van der Waals surface area contributed by atoms with Gasteiger partial charge in [0, 0.05) is 25.3 Å². The van der Waals surface area contributed by atoms with Crippen molar-refractivity contribution in [2.75, 3.05) is 41.1 Å². The lowest BCUT2D eigenvalue weighted by molar-refractivity contribution is 0.0507. The molecule has 0 aliphatic carbocycles. The molecule has 2 aromatic carbocycles. The van der Waals surface area contributed by atoms with Crippen LogP contribution in [-0.2, 0) is 11.3 Å². The molecule has 0 aromatic heterocycles. The Morgan fingerprint density at radius 2 is 1.67 bits per heavy atom. The Kier molecular flexibility index (Phi) is 8.95. The molecule has 0 saturated carbocycles. The van der Waals surface area contributed by atoms with Crippen LogP contribution in [0.3, 0.4) is 0 Å². The zero-order valence-corrected chi connectivity index (χ0v) is 20.8. The van der Waals surface area contributed by atoms with E-state index in [1.165, 1.54) is 0 Å². The third-order valence-electron chi connectivity index (χ3n) is 5.37. The molecule has 1 fully saturated rings. The number of methoxy groups -OCH3 is 3. The number of amides is 1. The van der Waals surface area contributed by atoms with E-state index >= 15 is 0 Å². The van der Waals surface area contributed by atoms with Gasteiger partial charge in [0.15, 0.2) is 17.2 Å². The van der Waals surface area contributed by atoms with Gasteiger partial charge in [0.1, 0.15) is 0 Å². The monoisotopic (exact) mass is 497 g/mol. The first kappa shape index (κ1) is 25.3. The van der Waals surface area contributed by atoms with Crippen molar-refractivity contribution in [1.29, 1.82) is 0 Å². The van der Waals surface area contributed by atoms with Crippen LogP contribution in [0.15, 0.2) is 24.3 Å². The maximum atomic E-state index is 13.6. The standard InChI is InChI=1S/C24H29Cl2NO6/c1-5-32-22-18(25)11-16(12-19(22)26)24(28)27(14-17-7-6-8-33-17)13-15-9-20(29-2)23(31-4)21(10-15)30-3/h9-12,17H,5-8,13-14H2,1-4H3/t17-/m1/s1. The van der Waals surface area contributed by atoms with Crippen molar-refractivity contribution in [3.05, 3.63) is 45.4 Å². The zero-order valence-electron chi connectivity index (χ0n) is 19.3. The van der Waals surface area contributed by atoms with Gasteiger partial charge in [-0.25, -0.2) is 0 Å². The van der Waals surface area contributed by atoms with E-state index in [1.807, 2.05) is 19.1 Å². The number of nitrogens with zero attached hydrogens (tertiary/aromatic N) is 1. The lowest BCUT2D eigenvalue weighted by Gasteiger charge is -2.27. The van der Waals surface area contributed by atoms with Crippen molar-refractivity contribution in [2.45, 2.75) is 32.4 Å². The van der Waals surface area contributed by atoms with Crippen LogP contribution in [0, 0.1) is 0 Å². The molecule has 0 N–H and O–H groups in total. The first-order valence-corrected chi connectivity index (χ1v) is 11.5. The first-order valence-electron chi connectivity index (χ1n) is 10.7. The van der Waals surface area contributed by atoms with Crippen molar-refractivity contribution in [3.63, 3.8) is 0 Å². The van der Waals surface area contributed by atoms with Crippen molar-refractivity contribution in [1.82, 2.24) is 4.90 Å². The minimum absolute atomic E-state index is 0.0374. The van der Waals surface area contributed by atoms with E-state index in [0.29, 0.717) is 54.9 Å². The molecule has 3 rings (SSSR count). The average Bonchev–Trinajstić information content (AvgIpc) is 3.32. The minimum Gasteiger partial charge on any atom is -0.493 e. The van der Waals surface area contributed by atoms with Gasteiger partial charge in [0.05, 0.1) is 44.1 Å². The highest BCUT2D eigenvalue weighted by atomic mass is 35.5. The number of halogens is 2. The van der Waals surface area contributed by atoms with Gasteiger partial charge < -0.3 is 28.6 Å². The molecule has 0 bridgehead atoms. The third kappa shape index (κ3) is 5.96. The molecule has 9 heteroatoms. The Morgan fingerprint density at radius 3 is 2.15 bits per heavy atom. The van der Waals surface area contributed by atoms with Gasteiger partial charge in [-0.05, 0) is 49.6 Å². The van der Waals surface area contributed by atoms with Crippen molar-refractivity contribution >= 4 is 29.1 Å². The van der Waals surface area contributed by atoms with Gasteiger partial charge in [-0.1, -0.05) is 23.2 Å². The Hall–Kier alpha value is -2.35. The van der Waals surface area contributed by atoms with Crippen LogP contribution in [0.1, 0.15) is 35.7 Å². The van der Waals surface area contributed by atoms with E-state index in [4.69, 9.17) is 46.9 Å². The van der Waals surface area contributed by atoms with Crippen LogP contribution in [0.4, 0.5) is 0 Å². The smallest absolute Gasteiger partial charge is 0.254 e. The molecule has 1 aliphatic heterocycles. The van der Waals surface area contributed by atoms with Crippen LogP contribution >= 0.6 is 23.2 Å². The van der Waals surface area contributed by atoms with Crippen LogP contribution in [0.25, 0.3) is 0 Å². The second-order valence-corrected chi connectivity index (χ2v) is 8.37. The van der Waals surface area contributed by atoms with Gasteiger partial charge in [0.25, 0.3) is 5.91 Å². The number of hydrogen-bond donors (Lipinski definition) is 0. The SMILES string of the molecule is CCOc1c(Cl)cc(C(=O)N(Cc2cc(OC)c(OC)c(OC)c2)C[C@H]2CCCO2)cc1Cl. The molecule has 1 heterocycles. The van der Waals surface area contributed by atoms with E-state index in [1.54, 1.807) is 38.4 Å². The predicted octanol–water partition coefficient (Wildman–Crippen LogP) is 5.24. The summed E-state index contributed by atoms with van der Waals surface area (Å²) in [7, 11) is 4.66. The molecule has 180 valence electrons. The van der Waals surface area contributed by atoms with E-state index in [-0.39, 0.29) is 22.1 Å². The maximum Gasteiger partial charge on any atom is 0.254 e. The van der Waals surface area contributed by atoms with Crippen molar-refractivity contribution in [3.8, 4) is 23.0 Å². The maximum absolute atomic E-state index is 13.6. The van der Waals surface area contributed by atoms with Gasteiger partial charge >= 0.3 is 0 Å². The lowest BCUT2D eigenvalue weighted by atomic mass is 10.1. The second-order valence-electron chi connectivity index (χ2n) is 7.56. The predicted molar refractivity (Wildman–Crippen MR) is 127 cm³/mol. The number of carbonyl (C=O) groups excluding carboxylic acids is 1. The van der Waals surface area contributed by atoms with E-state index < -0.39 is 0 Å². The molecule has 1 atom stereocenters. The molecule has 0 spiro atoms. The number of benzene rings is 2. The second kappa shape index (κ2) is 11.7. The third-order valence-corrected chi connectivity index (χ3v) is 5.93. The number of carbonyl (C=O) groups is 1. The van der Waals surface area contributed by atoms with E-state index in [9.17, 15) is 4.79 Å². The summed E-state index contributed by atoms with van der Waals surface area (Å²) in [6.45, 7) is 3.68. The number of hydrogen-bond acceptors (Lipinski definition) is 6. The van der Waals surface area contributed by atoms with Crippen LogP contribution in [-0.4, -0.2) is 58.0 Å². The zero-order chi connectivity index (χ0) is 24.0.